The molecule has 1 aliphatic heterocycles. The summed E-state index contributed by atoms with van der Waals surface area (Å²) in [4.78, 5) is 6.66. The molecule has 0 saturated carbocycles. The highest BCUT2D eigenvalue weighted by molar-refractivity contribution is 5.42. The number of pyridine rings is 1. The summed E-state index contributed by atoms with van der Waals surface area (Å²) >= 11 is 0. The van der Waals surface area contributed by atoms with Crippen LogP contribution in [0.3, 0.4) is 0 Å². The molecule has 0 bridgehead atoms. The van der Waals surface area contributed by atoms with E-state index < -0.39 is 5.60 Å². The van der Waals surface area contributed by atoms with Gasteiger partial charge in [-0.2, -0.15) is 0 Å². The summed E-state index contributed by atoms with van der Waals surface area (Å²) in [6.07, 6.45) is 3.31. The van der Waals surface area contributed by atoms with E-state index in [4.69, 9.17) is 9.47 Å². The molecule has 0 spiro atoms. The highest BCUT2D eigenvalue weighted by atomic mass is 16.5. The van der Waals surface area contributed by atoms with Crippen LogP contribution in [0.4, 0.5) is 0 Å². The fourth-order valence-electron chi connectivity index (χ4n) is 2.37. The number of piperidine rings is 1. The van der Waals surface area contributed by atoms with Crippen LogP contribution in [0.2, 0.25) is 0 Å². The average molecular weight is 266 g/mol. The highest BCUT2D eigenvalue weighted by Gasteiger charge is 2.28. The maximum atomic E-state index is 9.95. The monoisotopic (exact) mass is 266 g/mol. The summed E-state index contributed by atoms with van der Waals surface area (Å²) < 4.78 is 10.7. The first kappa shape index (κ1) is 14.1. The van der Waals surface area contributed by atoms with Gasteiger partial charge in [0.2, 0.25) is 0 Å². The Morgan fingerprint density at radius 3 is 2.58 bits per heavy atom. The Bertz CT molecular complexity index is 425. The summed E-state index contributed by atoms with van der Waals surface area (Å²) in [5.74, 6) is 1.40. The molecule has 0 radical (unpaired) electrons. The number of likely N-dealkylation sites (tertiary alicyclic amines) is 1. The first-order valence-electron chi connectivity index (χ1n) is 6.56. The lowest BCUT2D eigenvalue weighted by molar-refractivity contribution is -0.00773. The second-order valence-corrected chi connectivity index (χ2v) is 5.27. The van der Waals surface area contributed by atoms with Crippen LogP contribution in [0.1, 0.15) is 25.5 Å². The molecule has 1 aliphatic rings. The Kier molecular flexibility index (Phi) is 4.27. The second-order valence-electron chi connectivity index (χ2n) is 5.27. The van der Waals surface area contributed by atoms with Crippen LogP contribution in [0.25, 0.3) is 0 Å². The molecule has 1 saturated heterocycles. The number of rotatable bonds is 4. The second kappa shape index (κ2) is 5.75. The normalized spacial score (nSPS) is 19.2. The average Bonchev–Trinajstić information content (AvgIpc) is 2.40. The van der Waals surface area contributed by atoms with E-state index in [9.17, 15) is 5.11 Å². The highest BCUT2D eigenvalue weighted by Crippen LogP contribution is 2.31. The van der Waals surface area contributed by atoms with Gasteiger partial charge in [-0.25, -0.2) is 0 Å². The van der Waals surface area contributed by atoms with E-state index in [-0.39, 0.29) is 0 Å². The SMILES string of the molecule is COc1ccnc(CN2CCC(C)(O)CC2)c1OC. The molecule has 19 heavy (non-hydrogen) atoms. The minimum atomic E-state index is -0.525. The lowest BCUT2D eigenvalue weighted by atomic mass is 9.94. The Morgan fingerprint density at radius 2 is 2.00 bits per heavy atom. The molecular formula is C14H22N2O3. The Labute approximate surface area is 114 Å². The quantitative estimate of drug-likeness (QED) is 0.894. The van der Waals surface area contributed by atoms with Crippen LogP contribution in [0.15, 0.2) is 12.3 Å². The standard InChI is InChI=1S/C14H22N2O3/c1-14(17)5-8-16(9-6-14)10-11-13(19-3)12(18-2)4-7-15-11/h4,7,17H,5-6,8-10H2,1-3H3. The van der Waals surface area contributed by atoms with Gasteiger partial charge in [0.25, 0.3) is 0 Å². The van der Waals surface area contributed by atoms with Crippen molar-refractivity contribution < 1.29 is 14.6 Å². The van der Waals surface area contributed by atoms with Crippen molar-refractivity contribution in [1.82, 2.24) is 9.88 Å². The van der Waals surface area contributed by atoms with Gasteiger partial charge >= 0.3 is 0 Å². The third kappa shape index (κ3) is 3.36. The van der Waals surface area contributed by atoms with E-state index in [1.54, 1.807) is 26.5 Å². The van der Waals surface area contributed by atoms with Gasteiger partial charge in [0, 0.05) is 31.9 Å². The zero-order chi connectivity index (χ0) is 13.9. The molecule has 0 unspecified atom stereocenters. The van der Waals surface area contributed by atoms with Gasteiger partial charge in [0.05, 0.1) is 19.8 Å². The predicted octanol–water partition coefficient (Wildman–Crippen LogP) is 1.45. The summed E-state index contributed by atoms with van der Waals surface area (Å²) in [5.41, 5.74) is 0.353. The van der Waals surface area contributed by atoms with E-state index in [0.29, 0.717) is 11.5 Å². The number of ether oxygens (including phenoxy) is 2. The van der Waals surface area contributed by atoms with Crippen molar-refractivity contribution in [1.29, 1.82) is 0 Å². The fraction of sp³-hybridized carbons (Fsp3) is 0.643. The van der Waals surface area contributed by atoms with E-state index in [2.05, 4.69) is 9.88 Å². The molecule has 5 heteroatoms. The zero-order valence-corrected chi connectivity index (χ0v) is 11.8. The topological polar surface area (TPSA) is 54.8 Å². The number of aromatic nitrogens is 1. The Hall–Kier alpha value is -1.33. The van der Waals surface area contributed by atoms with Crippen molar-refractivity contribution in [2.24, 2.45) is 0 Å². The van der Waals surface area contributed by atoms with Crippen LogP contribution < -0.4 is 9.47 Å². The van der Waals surface area contributed by atoms with Gasteiger partial charge in [-0.15, -0.1) is 0 Å². The maximum Gasteiger partial charge on any atom is 0.183 e. The summed E-state index contributed by atoms with van der Waals surface area (Å²) in [7, 11) is 3.25. The van der Waals surface area contributed by atoms with Gasteiger partial charge in [0.15, 0.2) is 11.5 Å². The summed E-state index contributed by atoms with van der Waals surface area (Å²) in [6.45, 7) is 4.36. The maximum absolute atomic E-state index is 9.95. The zero-order valence-electron chi connectivity index (χ0n) is 11.8. The molecule has 1 fully saturated rings. The van der Waals surface area contributed by atoms with E-state index >= 15 is 0 Å². The molecule has 106 valence electrons. The number of hydrogen-bond donors (Lipinski definition) is 1. The summed E-state index contributed by atoms with van der Waals surface area (Å²) in [5, 5.41) is 9.95. The molecule has 1 aromatic heterocycles. The van der Waals surface area contributed by atoms with E-state index in [0.717, 1.165) is 38.2 Å². The molecule has 2 heterocycles. The van der Waals surface area contributed by atoms with Gasteiger partial charge in [-0.3, -0.25) is 9.88 Å². The van der Waals surface area contributed by atoms with E-state index in [1.807, 2.05) is 6.92 Å². The van der Waals surface area contributed by atoms with Crippen molar-refractivity contribution >= 4 is 0 Å². The molecule has 0 atom stereocenters. The van der Waals surface area contributed by atoms with Crippen molar-refractivity contribution in [3.8, 4) is 11.5 Å². The number of methoxy groups -OCH3 is 2. The van der Waals surface area contributed by atoms with Crippen LogP contribution in [-0.2, 0) is 6.54 Å². The first-order valence-corrected chi connectivity index (χ1v) is 6.56. The number of aliphatic hydroxyl groups is 1. The fourth-order valence-corrected chi connectivity index (χ4v) is 2.37. The Balaban J connectivity index is 2.07. The van der Waals surface area contributed by atoms with Crippen molar-refractivity contribution in [3.05, 3.63) is 18.0 Å². The largest absolute Gasteiger partial charge is 0.493 e. The molecule has 1 N–H and O–H groups in total. The van der Waals surface area contributed by atoms with Crippen LogP contribution >= 0.6 is 0 Å². The smallest absolute Gasteiger partial charge is 0.183 e. The van der Waals surface area contributed by atoms with Gasteiger partial charge < -0.3 is 14.6 Å². The minimum absolute atomic E-state index is 0.525. The predicted molar refractivity (Wildman–Crippen MR) is 72.5 cm³/mol. The van der Waals surface area contributed by atoms with E-state index in [1.165, 1.54) is 0 Å². The lowest BCUT2D eigenvalue weighted by Crippen LogP contribution is -2.42. The molecule has 0 aromatic carbocycles. The van der Waals surface area contributed by atoms with Crippen LogP contribution in [-0.4, -0.2) is 47.9 Å². The number of hydrogen-bond acceptors (Lipinski definition) is 5. The Morgan fingerprint density at radius 1 is 1.32 bits per heavy atom. The molecule has 1 aromatic rings. The van der Waals surface area contributed by atoms with Crippen molar-refractivity contribution in [2.45, 2.75) is 31.9 Å². The summed E-state index contributed by atoms with van der Waals surface area (Å²) in [6, 6.07) is 1.79. The van der Waals surface area contributed by atoms with Gasteiger partial charge in [-0.05, 0) is 19.8 Å². The van der Waals surface area contributed by atoms with Crippen LogP contribution in [0, 0.1) is 0 Å². The molecule has 2 rings (SSSR count). The minimum Gasteiger partial charge on any atom is -0.493 e. The molecule has 0 amide bonds. The third-order valence-corrected chi connectivity index (χ3v) is 3.67. The third-order valence-electron chi connectivity index (χ3n) is 3.67. The molecule has 5 nitrogen and oxygen atoms in total. The van der Waals surface area contributed by atoms with Gasteiger partial charge in [0.1, 0.15) is 5.69 Å². The lowest BCUT2D eigenvalue weighted by Gasteiger charge is -2.35. The van der Waals surface area contributed by atoms with Crippen LogP contribution in [0.5, 0.6) is 11.5 Å². The number of nitrogens with zero attached hydrogens (tertiary/aromatic N) is 2. The molecular weight excluding hydrogens is 244 g/mol. The first-order chi connectivity index (χ1) is 9.05. The van der Waals surface area contributed by atoms with Gasteiger partial charge in [-0.1, -0.05) is 0 Å². The molecule has 0 aliphatic carbocycles. The van der Waals surface area contributed by atoms with Crippen molar-refractivity contribution in [3.63, 3.8) is 0 Å². The van der Waals surface area contributed by atoms with Crippen molar-refractivity contribution in [2.75, 3.05) is 27.3 Å².